The van der Waals surface area contributed by atoms with E-state index in [1.165, 1.54) is 0 Å². The number of nitrogens with one attached hydrogen (secondary N) is 1. The van der Waals surface area contributed by atoms with Gasteiger partial charge in [0.05, 0.1) is 17.4 Å². The molecule has 3 N–H and O–H groups in total. The highest BCUT2D eigenvalue weighted by atomic mass is 16.5. The molecule has 1 aromatic heterocycles. The number of carbonyl (C=O) groups excluding carboxylic acids is 1. The molecular weight excluding hydrogens is 230 g/mol. The quantitative estimate of drug-likeness (QED) is 0.840. The van der Waals surface area contributed by atoms with Crippen molar-refractivity contribution in [3.63, 3.8) is 0 Å². The Morgan fingerprint density at radius 1 is 1.56 bits per heavy atom. The van der Waals surface area contributed by atoms with Crippen LogP contribution < -0.4 is 11.1 Å². The number of anilines is 1. The van der Waals surface area contributed by atoms with E-state index >= 15 is 0 Å². The van der Waals surface area contributed by atoms with Gasteiger partial charge in [-0.25, -0.2) is 0 Å². The minimum absolute atomic E-state index is 0.141. The lowest BCUT2D eigenvalue weighted by molar-refractivity contribution is -0.119. The van der Waals surface area contributed by atoms with E-state index < -0.39 is 6.04 Å². The maximum Gasteiger partial charge on any atom is 0.241 e. The Morgan fingerprint density at radius 2 is 2.28 bits per heavy atom. The van der Waals surface area contributed by atoms with E-state index in [0.717, 1.165) is 24.2 Å². The molecule has 1 fully saturated rings. The molecule has 1 unspecified atom stereocenters. The molecule has 2 rings (SSSR count). The highest BCUT2D eigenvalue weighted by Crippen LogP contribution is 2.19. The van der Waals surface area contributed by atoms with Gasteiger partial charge in [0.15, 0.2) is 0 Å². The van der Waals surface area contributed by atoms with Crippen LogP contribution >= 0.6 is 0 Å². The van der Waals surface area contributed by atoms with E-state index in [-0.39, 0.29) is 11.8 Å². The van der Waals surface area contributed by atoms with Crippen molar-refractivity contribution in [2.45, 2.75) is 25.8 Å². The first-order chi connectivity index (χ1) is 8.68. The number of pyridine rings is 1. The van der Waals surface area contributed by atoms with Crippen LogP contribution in [0.4, 0.5) is 5.69 Å². The molecule has 1 saturated heterocycles. The monoisotopic (exact) mass is 249 g/mol. The standard InChI is InChI=1S/C13H19N3O2/c1-9-11(3-2-6-15-9)16-13(17)12(14)10-4-7-18-8-5-10/h2-3,6,10,12H,4-5,7-8,14H2,1H3,(H,16,17). The number of hydrogen-bond acceptors (Lipinski definition) is 4. The van der Waals surface area contributed by atoms with Gasteiger partial charge in [-0.3, -0.25) is 9.78 Å². The van der Waals surface area contributed by atoms with Gasteiger partial charge in [0.25, 0.3) is 0 Å². The topological polar surface area (TPSA) is 77.2 Å². The molecular formula is C13H19N3O2. The molecule has 0 saturated carbocycles. The number of aryl methyl sites for hydroxylation is 1. The maximum atomic E-state index is 12.1. The van der Waals surface area contributed by atoms with Crippen LogP contribution in [0.25, 0.3) is 0 Å². The van der Waals surface area contributed by atoms with Crippen LogP contribution in [0, 0.1) is 12.8 Å². The number of amides is 1. The molecule has 0 aromatic carbocycles. The second-order valence-corrected chi connectivity index (χ2v) is 4.60. The molecule has 1 amide bonds. The van der Waals surface area contributed by atoms with Crippen molar-refractivity contribution in [3.8, 4) is 0 Å². The highest BCUT2D eigenvalue weighted by Gasteiger charge is 2.26. The molecule has 2 heterocycles. The Morgan fingerprint density at radius 3 is 2.94 bits per heavy atom. The first kappa shape index (κ1) is 13.0. The van der Waals surface area contributed by atoms with E-state index in [2.05, 4.69) is 10.3 Å². The molecule has 1 aromatic rings. The van der Waals surface area contributed by atoms with Gasteiger partial charge in [0.2, 0.25) is 5.91 Å². The lowest BCUT2D eigenvalue weighted by Crippen LogP contribution is -2.44. The van der Waals surface area contributed by atoms with Gasteiger partial charge < -0.3 is 15.8 Å². The van der Waals surface area contributed by atoms with Crippen LogP contribution in [0.3, 0.4) is 0 Å². The van der Waals surface area contributed by atoms with E-state index in [0.29, 0.717) is 13.2 Å². The van der Waals surface area contributed by atoms with Crippen molar-refractivity contribution in [2.24, 2.45) is 11.7 Å². The second kappa shape index (κ2) is 5.93. The Labute approximate surface area is 107 Å². The summed E-state index contributed by atoms with van der Waals surface area (Å²) in [7, 11) is 0. The number of nitrogens with zero attached hydrogens (tertiary/aromatic N) is 1. The third kappa shape index (κ3) is 3.05. The summed E-state index contributed by atoms with van der Waals surface area (Å²) in [5.74, 6) is 0.0636. The Balaban J connectivity index is 1.97. The number of nitrogens with two attached hydrogens (primary N) is 1. The third-order valence-corrected chi connectivity index (χ3v) is 3.34. The second-order valence-electron chi connectivity index (χ2n) is 4.60. The lowest BCUT2D eigenvalue weighted by Gasteiger charge is -2.26. The third-order valence-electron chi connectivity index (χ3n) is 3.34. The fraction of sp³-hybridized carbons (Fsp3) is 0.538. The van der Waals surface area contributed by atoms with Gasteiger partial charge in [0, 0.05) is 19.4 Å². The van der Waals surface area contributed by atoms with Crippen molar-refractivity contribution in [1.29, 1.82) is 0 Å². The van der Waals surface area contributed by atoms with Gasteiger partial charge in [-0.15, -0.1) is 0 Å². The van der Waals surface area contributed by atoms with Crippen molar-refractivity contribution >= 4 is 11.6 Å². The molecule has 1 atom stereocenters. The molecule has 0 radical (unpaired) electrons. The summed E-state index contributed by atoms with van der Waals surface area (Å²) in [5, 5.41) is 2.84. The van der Waals surface area contributed by atoms with Gasteiger partial charge >= 0.3 is 0 Å². The van der Waals surface area contributed by atoms with Gasteiger partial charge in [-0.05, 0) is 37.8 Å². The summed E-state index contributed by atoms with van der Waals surface area (Å²) in [6.07, 6.45) is 3.39. The van der Waals surface area contributed by atoms with Crippen molar-refractivity contribution in [1.82, 2.24) is 4.98 Å². The number of aromatic nitrogens is 1. The first-order valence-electron chi connectivity index (χ1n) is 6.24. The van der Waals surface area contributed by atoms with Gasteiger partial charge in [0.1, 0.15) is 0 Å². The van der Waals surface area contributed by atoms with Crippen LogP contribution in [0.5, 0.6) is 0 Å². The molecule has 0 aliphatic carbocycles. The van der Waals surface area contributed by atoms with Crippen molar-refractivity contribution in [2.75, 3.05) is 18.5 Å². The highest BCUT2D eigenvalue weighted by molar-refractivity contribution is 5.95. The predicted octanol–water partition coefficient (Wildman–Crippen LogP) is 1.08. The zero-order valence-electron chi connectivity index (χ0n) is 10.6. The summed E-state index contributed by atoms with van der Waals surface area (Å²) in [6, 6.07) is 3.15. The minimum Gasteiger partial charge on any atom is -0.381 e. The normalized spacial score (nSPS) is 18.3. The zero-order chi connectivity index (χ0) is 13.0. The molecule has 98 valence electrons. The first-order valence-corrected chi connectivity index (χ1v) is 6.24. The van der Waals surface area contributed by atoms with Crippen molar-refractivity contribution < 1.29 is 9.53 Å². The minimum atomic E-state index is -0.478. The molecule has 0 bridgehead atoms. The SMILES string of the molecule is Cc1ncccc1NC(=O)C(N)C1CCOCC1. The average molecular weight is 249 g/mol. The van der Waals surface area contributed by atoms with Crippen molar-refractivity contribution in [3.05, 3.63) is 24.0 Å². The van der Waals surface area contributed by atoms with Crippen LogP contribution in [-0.4, -0.2) is 30.1 Å². The maximum absolute atomic E-state index is 12.1. The largest absolute Gasteiger partial charge is 0.381 e. The summed E-state index contributed by atoms with van der Waals surface area (Å²) in [6.45, 7) is 3.24. The molecule has 18 heavy (non-hydrogen) atoms. The van der Waals surface area contributed by atoms with E-state index in [1.54, 1.807) is 12.3 Å². The summed E-state index contributed by atoms with van der Waals surface area (Å²) in [4.78, 5) is 16.2. The Hall–Kier alpha value is -1.46. The number of carbonyl (C=O) groups is 1. The fourth-order valence-electron chi connectivity index (χ4n) is 2.12. The smallest absolute Gasteiger partial charge is 0.241 e. The van der Waals surface area contributed by atoms with E-state index in [9.17, 15) is 4.79 Å². The zero-order valence-corrected chi connectivity index (χ0v) is 10.6. The Kier molecular flexibility index (Phi) is 4.28. The molecule has 0 spiro atoms. The fourth-order valence-corrected chi connectivity index (χ4v) is 2.12. The van der Waals surface area contributed by atoms with Crippen LogP contribution in [-0.2, 0) is 9.53 Å². The van der Waals surface area contributed by atoms with Crippen LogP contribution in [0.1, 0.15) is 18.5 Å². The average Bonchev–Trinajstić information content (AvgIpc) is 2.41. The summed E-state index contributed by atoms with van der Waals surface area (Å²) < 4.78 is 5.27. The van der Waals surface area contributed by atoms with E-state index in [4.69, 9.17) is 10.5 Å². The number of hydrogen-bond donors (Lipinski definition) is 2. The number of ether oxygens (including phenoxy) is 1. The van der Waals surface area contributed by atoms with E-state index in [1.807, 2.05) is 13.0 Å². The molecule has 1 aliphatic rings. The predicted molar refractivity (Wildman–Crippen MR) is 69.1 cm³/mol. The number of rotatable bonds is 3. The van der Waals surface area contributed by atoms with Gasteiger partial charge in [-0.2, -0.15) is 0 Å². The summed E-state index contributed by atoms with van der Waals surface area (Å²) in [5.41, 5.74) is 7.53. The lowest BCUT2D eigenvalue weighted by atomic mass is 9.92. The molecule has 5 nitrogen and oxygen atoms in total. The summed E-state index contributed by atoms with van der Waals surface area (Å²) >= 11 is 0. The van der Waals surface area contributed by atoms with Crippen LogP contribution in [0.2, 0.25) is 0 Å². The molecule has 1 aliphatic heterocycles. The van der Waals surface area contributed by atoms with Gasteiger partial charge in [-0.1, -0.05) is 0 Å². The van der Waals surface area contributed by atoms with Crippen LogP contribution in [0.15, 0.2) is 18.3 Å². The Bertz CT molecular complexity index is 416. The molecule has 5 heteroatoms.